The van der Waals surface area contributed by atoms with Crippen LogP contribution in [0.4, 0.5) is 4.79 Å². The van der Waals surface area contributed by atoms with Gasteiger partial charge in [0.05, 0.1) is 11.5 Å². The van der Waals surface area contributed by atoms with Crippen LogP contribution in [0.15, 0.2) is 15.4 Å². The predicted molar refractivity (Wildman–Crippen MR) is 110 cm³/mol. The SMILES string of the molecule is CCOc1cc(C=C2SC(=O)N(CC(=O)N3CCCC3)C2=O)c(Br)c(Cl)c1O. The molecule has 2 aliphatic rings. The van der Waals surface area contributed by atoms with Crippen molar-refractivity contribution in [3.63, 3.8) is 0 Å². The molecule has 0 unspecified atom stereocenters. The topological polar surface area (TPSA) is 87.2 Å². The molecule has 0 spiro atoms. The van der Waals surface area contributed by atoms with Gasteiger partial charge in [-0.3, -0.25) is 19.3 Å². The molecule has 0 saturated carbocycles. The van der Waals surface area contributed by atoms with E-state index < -0.39 is 11.1 Å². The fraction of sp³-hybridized carbons (Fsp3) is 0.389. The first kappa shape index (κ1) is 21.0. The molecular weight excluding hydrogens is 472 g/mol. The molecule has 0 radical (unpaired) electrons. The molecule has 1 aromatic rings. The van der Waals surface area contributed by atoms with E-state index in [2.05, 4.69) is 15.9 Å². The number of likely N-dealkylation sites (tertiary alicyclic amines) is 1. The number of ether oxygens (including phenoxy) is 1. The van der Waals surface area contributed by atoms with Gasteiger partial charge in [0.15, 0.2) is 11.5 Å². The number of aromatic hydroxyl groups is 1. The molecule has 1 aromatic carbocycles. The number of hydrogen-bond acceptors (Lipinski definition) is 6. The van der Waals surface area contributed by atoms with Crippen molar-refractivity contribution in [1.29, 1.82) is 0 Å². The van der Waals surface area contributed by atoms with Gasteiger partial charge in [-0.1, -0.05) is 11.6 Å². The number of carbonyl (C=O) groups is 3. The van der Waals surface area contributed by atoms with Crippen LogP contribution in [-0.2, 0) is 9.59 Å². The van der Waals surface area contributed by atoms with E-state index in [1.165, 1.54) is 12.1 Å². The standard InChI is InChI=1S/C18H18BrClN2O5S/c1-2-27-11-7-10(14(19)15(20)16(11)24)8-12-17(25)22(18(26)28-12)9-13(23)21-5-3-4-6-21/h7-8,24H,2-6,9H2,1H3. The third-order valence-corrected chi connectivity index (χ3v) is 6.74. The number of rotatable bonds is 5. The molecule has 7 nitrogen and oxygen atoms in total. The van der Waals surface area contributed by atoms with Crippen LogP contribution in [0, 0.1) is 0 Å². The Kier molecular flexibility index (Phi) is 6.57. The third kappa shape index (κ3) is 4.16. The van der Waals surface area contributed by atoms with Crippen molar-refractivity contribution in [2.75, 3.05) is 26.2 Å². The molecule has 28 heavy (non-hydrogen) atoms. The number of nitrogens with zero attached hydrogens (tertiary/aromatic N) is 2. The summed E-state index contributed by atoms with van der Waals surface area (Å²) in [5.74, 6) is -0.799. The van der Waals surface area contributed by atoms with Crippen LogP contribution in [-0.4, -0.2) is 58.2 Å². The molecule has 10 heteroatoms. The van der Waals surface area contributed by atoms with Crippen LogP contribution in [0.2, 0.25) is 5.02 Å². The molecule has 0 aromatic heterocycles. The average Bonchev–Trinajstić information content (AvgIpc) is 3.29. The summed E-state index contributed by atoms with van der Waals surface area (Å²) >= 11 is 10.2. The van der Waals surface area contributed by atoms with E-state index in [9.17, 15) is 19.5 Å². The average molecular weight is 490 g/mol. The van der Waals surface area contributed by atoms with Gasteiger partial charge in [0.2, 0.25) is 5.91 Å². The van der Waals surface area contributed by atoms with Crippen molar-refractivity contribution in [2.45, 2.75) is 19.8 Å². The van der Waals surface area contributed by atoms with Crippen LogP contribution in [0.3, 0.4) is 0 Å². The van der Waals surface area contributed by atoms with E-state index in [0.29, 0.717) is 29.7 Å². The number of benzene rings is 1. The fourth-order valence-corrected chi connectivity index (χ4v) is 4.41. The Labute approximate surface area is 179 Å². The van der Waals surface area contributed by atoms with Crippen molar-refractivity contribution in [2.24, 2.45) is 0 Å². The van der Waals surface area contributed by atoms with Crippen molar-refractivity contribution in [1.82, 2.24) is 9.80 Å². The number of thioether (sulfide) groups is 1. The summed E-state index contributed by atoms with van der Waals surface area (Å²) in [6.45, 7) is 3.13. The lowest BCUT2D eigenvalue weighted by Gasteiger charge is -2.18. The minimum absolute atomic E-state index is 0.0423. The van der Waals surface area contributed by atoms with Gasteiger partial charge in [-0.25, -0.2) is 0 Å². The highest BCUT2D eigenvalue weighted by molar-refractivity contribution is 9.10. The Bertz CT molecular complexity index is 870. The Morgan fingerprint density at radius 2 is 2.07 bits per heavy atom. The summed E-state index contributed by atoms with van der Waals surface area (Å²) in [6, 6.07) is 1.53. The van der Waals surface area contributed by atoms with Crippen LogP contribution in [0.25, 0.3) is 6.08 Å². The number of phenolic OH excluding ortho intramolecular Hbond substituents is 1. The zero-order valence-electron chi connectivity index (χ0n) is 15.0. The molecular formula is C18H18BrClN2O5S. The molecule has 3 rings (SSSR count). The lowest BCUT2D eigenvalue weighted by Crippen LogP contribution is -2.40. The summed E-state index contributed by atoms with van der Waals surface area (Å²) in [7, 11) is 0. The van der Waals surface area contributed by atoms with Gasteiger partial charge in [-0.2, -0.15) is 0 Å². The molecule has 2 fully saturated rings. The zero-order valence-corrected chi connectivity index (χ0v) is 18.2. The molecule has 2 heterocycles. The normalized spacial score (nSPS) is 18.5. The Morgan fingerprint density at radius 3 is 2.71 bits per heavy atom. The predicted octanol–water partition coefficient (Wildman–Crippen LogP) is 3.87. The van der Waals surface area contributed by atoms with Gasteiger partial charge in [0, 0.05) is 17.6 Å². The number of imide groups is 1. The second-order valence-corrected chi connectivity index (χ2v) is 8.39. The van der Waals surface area contributed by atoms with Gasteiger partial charge >= 0.3 is 0 Å². The van der Waals surface area contributed by atoms with Crippen molar-refractivity contribution in [3.8, 4) is 11.5 Å². The minimum atomic E-state index is -0.531. The van der Waals surface area contributed by atoms with Crippen LogP contribution >= 0.6 is 39.3 Å². The minimum Gasteiger partial charge on any atom is -0.503 e. The Hall–Kier alpha value is -1.71. The zero-order chi connectivity index (χ0) is 20.4. The number of amides is 3. The van der Waals surface area contributed by atoms with Crippen molar-refractivity contribution < 1.29 is 24.2 Å². The van der Waals surface area contributed by atoms with E-state index in [1.807, 2.05) is 0 Å². The molecule has 150 valence electrons. The van der Waals surface area contributed by atoms with Gasteiger partial charge < -0.3 is 14.7 Å². The van der Waals surface area contributed by atoms with E-state index in [4.69, 9.17) is 16.3 Å². The smallest absolute Gasteiger partial charge is 0.294 e. The summed E-state index contributed by atoms with van der Waals surface area (Å²) < 4.78 is 5.72. The number of halogens is 2. The maximum atomic E-state index is 12.7. The largest absolute Gasteiger partial charge is 0.503 e. The highest BCUT2D eigenvalue weighted by Crippen LogP contribution is 2.43. The fourth-order valence-electron chi connectivity index (χ4n) is 2.96. The molecule has 3 amide bonds. The second kappa shape index (κ2) is 8.75. The van der Waals surface area contributed by atoms with E-state index >= 15 is 0 Å². The van der Waals surface area contributed by atoms with E-state index in [-0.39, 0.29) is 33.9 Å². The molecule has 0 atom stereocenters. The molecule has 2 saturated heterocycles. The Morgan fingerprint density at radius 1 is 1.39 bits per heavy atom. The van der Waals surface area contributed by atoms with Crippen LogP contribution < -0.4 is 4.74 Å². The second-order valence-electron chi connectivity index (χ2n) is 6.23. The van der Waals surface area contributed by atoms with Crippen LogP contribution in [0.5, 0.6) is 11.5 Å². The molecule has 0 aliphatic carbocycles. The number of hydrogen-bond donors (Lipinski definition) is 1. The summed E-state index contributed by atoms with van der Waals surface area (Å²) in [4.78, 5) is 40.0. The van der Waals surface area contributed by atoms with Gasteiger partial charge in [0.25, 0.3) is 11.1 Å². The maximum Gasteiger partial charge on any atom is 0.294 e. The summed E-state index contributed by atoms with van der Waals surface area (Å²) in [5, 5.41) is 9.60. The summed E-state index contributed by atoms with van der Waals surface area (Å²) in [5.41, 5.74) is 0.475. The van der Waals surface area contributed by atoms with Gasteiger partial charge in [-0.05, 0) is 65.2 Å². The first-order chi connectivity index (χ1) is 13.3. The quantitative estimate of drug-likeness (QED) is 0.632. The number of phenols is 1. The summed E-state index contributed by atoms with van der Waals surface area (Å²) in [6.07, 6.45) is 3.36. The first-order valence-corrected chi connectivity index (χ1v) is 10.7. The first-order valence-electron chi connectivity index (χ1n) is 8.70. The highest BCUT2D eigenvalue weighted by Gasteiger charge is 2.37. The van der Waals surface area contributed by atoms with Gasteiger partial charge in [-0.15, -0.1) is 0 Å². The molecule has 2 aliphatic heterocycles. The Balaban J connectivity index is 1.84. The van der Waals surface area contributed by atoms with Crippen LogP contribution in [0.1, 0.15) is 25.3 Å². The van der Waals surface area contributed by atoms with E-state index in [0.717, 1.165) is 29.5 Å². The van der Waals surface area contributed by atoms with E-state index in [1.54, 1.807) is 11.8 Å². The van der Waals surface area contributed by atoms with Gasteiger partial charge in [0.1, 0.15) is 11.6 Å². The molecule has 1 N–H and O–H groups in total. The van der Waals surface area contributed by atoms with Crippen molar-refractivity contribution >= 4 is 62.4 Å². The molecule has 0 bridgehead atoms. The number of carbonyl (C=O) groups excluding carboxylic acids is 3. The lowest BCUT2D eigenvalue weighted by atomic mass is 10.1. The monoisotopic (exact) mass is 488 g/mol. The highest BCUT2D eigenvalue weighted by atomic mass is 79.9. The maximum absolute atomic E-state index is 12.7. The lowest BCUT2D eigenvalue weighted by molar-refractivity contribution is -0.135. The van der Waals surface area contributed by atoms with Crippen molar-refractivity contribution in [3.05, 3.63) is 26.0 Å². The third-order valence-electron chi connectivity index (χ3n) is 4.39.